The highest BCUT2D eigenvalue weighted by atomic mass is 35.5. The van der Waals surface area contributed by atoms with Gasteiger partial charge in [0.15, 0.2) is 0 Å². The number of aryl methyl sites for hydroxylation is 1. The summed E-state index contributed by atoms with van der Waals surface area (Å²) in [4.78, 5) is 11.9. The summed E-state index contributed by atoms with van der Waals surface area (Å²) in [6.07, 6.45) is 1.11. The van der Waals surface area contributed by atoms with E-state index in [9.17, 15) is 4.79 Å². The predicted octanol–water partition coefficient (Wildman–Crippen LogP) is 3.59. The van der Waals surface area contributed by atoms with Gasteiger partial charge >= 0.3 is 0 Å². The number of ether oxygens (including phenoxy) is 1. The average Bonchev–Trinajstić information content (AvgIpc) is 2.60. The van der Waals surface area contributed by atoms with Crippen molar-refractivity contribution < 1.29 is 9.53 Å². The largest absolute Gasteiger partial charge is 0.399 e. The van der Waals surface area contributed by atoms with Gasteiger partial charge in [-0.25, -0.2) is 0 Å². The van der Waals surface area contributed by atoms with Crippen LogP contribution in [0.4, 0.5) is 5.69 Å². The van der Waals surface area contributed by atoms with Crippen LogP contribution in [0.15, 0.2) is 54.6 Å². The minimum absolute atomic E-state index is 0. The van der Waals surface area contributed by atoms with Gasteiger partial charge in [0.25, 0.3) is 0 Å². The third-order valence-corrected chi connectivity index (χ3v) is 3.84. The number of para-hydroxylation sites is 1. The van der Waals surface area contributed by atoms with Crippen molar-refractivity contribution in [2.75, 3.05) is 18.9 Å². The molecular formula is C20H27ClN2O2. The number of rotatable bonds is 9. The average molecular weight is 363 g/mol. The van der Waals surface area contributed by atoms with E-state index in [1.165, 1.54) is 0 Å². The van der Waals surface area contributed by atoms with Crippen molar-refractivity contribution in [1.82, 2.24) is 5.32 Å². The van der Waals surface area contributed by atoms with Crippen LogP contribution < -0.4 is 11.1 Å². The number of halogens is 1. The van der Waals surface area contributed by atoms with Gasteiger partial charge in [-0.1, -0.05) is 55.5 Å². The lowest BCUT2D eigenvalue weighted by atomic mass is 10.1. The van der Waals surface area contributed by atoms with Gasteiger partial charge in [-0.05, 0) is 29.5 Å². The van der Waals surface area contributed by atoms with E-state index in [1.807, 2.05) is 54.6 Å². The quantitative estimate of drug-likeness (QED) is 0.670. The molecule has 1 atom stereocenters. The number of nitrogens with one attached hydrogen (secondary N) is 1. The summed E-state index contributed by atoms with van der Waals surface area (Å²) < 4.78 is 5.69. The number of hydrogen-bond donors (Lipinski definition) is 2. The maximum atomic E-state index is 11.9. The fraction of sp³-hybridized carbons (Fsp3) is 0.350. The molecule has 0 fully saturated rings. The molecule has 0 aromatic heterocycles. The van der Waals surface area contributed by atoms with E-state index in [0.29, 0.717) is 32.6 Å². The lowest BCUT2D eigenvalue weighted by Crippen LogP contribution is -2.30. The minimum Gasteiger partial charge on any atom is -0.399 e. The Morgan fingerprint density at radius 2 is 1.80 bits per heavy atom. The molecule has 2 aromatic rings. The predicted molar refractivity (Wildman–Crippen MR) is 105 cm³/mol. The van der Waals surface area contributed by atoms with Crippen molar-refractivity contribution in [2.24, 2.45) is 5.92 Å². The molecule has 0 aliphatic heterocycles. The van der Waals surface area contributed by atoms with Crippen LogP contribution in [0.1, 0.15) is 24.5 Å². The first-order valence-electron chi connectivity index (χ1n) is 8.37. The van der Waals surface area contributed by atoms with Gasteiger partial charge in [0.1, 0.15) is 0 Å². The van der Waals surface area contributed by atoms with Crippen molar-refractivity contribution in [3.63, 3.8) is 0 Å². The number of hydrogen-bond acceptors (Lipinski definition) is 3. The third-order valence-electron chi connectivity index (χ3n) is 3.84. The molecule has 25 heavy (non-hydrogen) atoms. The van der Waals surface area contributed by atoms with E-state index in [1.54, 1.807) is 0 Å². The van der Waals surface area contributed by atoms with Crippen LogP contribution >= 0.6 is 12.4 Å². The number of nitrogens with two attached hydrogens (primary N) is 1. The van der Waals surface area contributed by atoms with Gasteiger partial charge in [0.2, 0.25) is 5.91 Å². The Labute approximate surface area is 156 Å². The van der Waals surface area contributed by atoms with Crippen LogP contribution in [0.3, 0.4) is 0 Å². The van der Waals surface area contributed by atoms with Crippen molar-refractivity contribution in [2.45, 2.75) is 26.4 Å². The highest BCUT2D eigenvalue weighted by molar-refractivity contribution is 5.85. The Hall–Kier alpha value is -2.04. The summed E-state index contributed by atoms with van der Waals surface area (Å²) in [5, 5.41) is 2.96. The van der Waals surface area contributed by atoms with Crippen molar-refractivity contribution in [3.05, 3.63) is 65.7 Å². The lowest BCUT2D eigenvalue weighted by molar-refractivity contribution is -0.121. The molecule has 0 saturated heterocycles. The summed E-state index contributed by atoms with van der Waals surface area (Å²) >= 11 is 0. The van der Waals surface area contributed by atoms with E-state index < -0.39 is 0 Å². The summed E-state index contributed by atoms with van der Waals surface area (Å²) in [6.45, 7) is 3.92. The standard InChI is InChI=1S/C20H26N2O2.ClH/c1-16(14-24-15-17-7-3-2-4-8-17)13-22-20(23)12-11-18-9-5-6-10-19(18)21;/h2-10,16H,11-15,21H2,1H3,(H,22,23);1H. The Morgan fingerprint density at radius 1 is 1.12 bits per heavy atom. The summed E-state index contributed by atoms with van der Waals surface area (Å²) in [5.41, 5.74) is 8.81. The first-order valence-corrected chi connectivity index (χ1v) is 8.37. The molecule has 2 aromatic carbocycles. The molecule has 0 aliphatic carbocycles. The van der Waals surface area contributed by atoms with E-state index in [-0.39, 0.29) is 24.2 Å². The fourth-order valence-corrected chi connectivity index (χ4v) is 2.40. The number of carbonyl (C=O) groups excluding carboxylic acids is 1. The minimum atomic E-state index is 0. The molecule has 1 amide bonds. The van der Waals surface area contributed by atoms with E-state index in [0.717, 1.165) is 16.8 Å². The smallest absolute Gasteiger partial charge is 0.220 e. The van der Waals surface area contributed by atoms with E-state index in [2.05, 4.69) is 12.2 Å². The van der Waals surface area contributed by atoms with Gasteiger partial charge < -0.3 is 15.8 Å². The second kappa shape index (κ2) is 11.5. The van der Waals surface area contributed by atoms with Crippen LogP contribution in [0, 0.1) is 5.92 Å². The van der Waals surface area contributed by atoms with Gasteiger partial charge in [-0.3, -0.25) is 4.79 Å². The van der Waals surface area contributed by atoms with Gasteiger partial charge in [0.05, 0.1) is 13.2 Å². The number of anilines is 1. The molecule has 0 heterocycles. The third kappa shape index (κ3) is 8.05. The molecule has 3 N–H and O–H groups in total. The van der Waals surface area contributed by atoms with Crippen LogP contribution in [-0.2, 0) is 22.6 Å². The Bertz CT molecular complexity index is 635. The van der Waals surface area contributed by atoms with Gasteiger partial charge in [0, 0.05) is 18.7 Å². The maximum absolute atomic E-state index is 11.9. The molecule has 0 bridgehead atoms. The molecule has 1 unspecified atom stereocenters. The van der Waals surface area contributed by atoms with Crippen molar-refractivity contribution in [3.8, 4) is 0 Å². The van der Waals surface area contributed by atoms with Crippen LogP contribution in [-0.4, -0.2) is 19.1 Å². The van der Waals surface area contributed by atoms with E-state index in [4.69, 9.17) is 10.5 Å². The zero-order chi connectivity index (χ0) is 17.2. The number of benzene rings is 2. The van der Waals surface area contributed by atoms with Crippen LogP contribution in [0.25, 0.3) is 0 Å². The van der Waals surface area contributed by atoms with Gasteiger partial charge in [-0.2, -0.15) is 0 Å². The first kappa shape index (κ1) is 21.0. The highest BCUT2D eigenvalue weighted by Crippen LogP contribution is 2.12. The molecule has 0 aliphatic rings. The summed E-state index contributed by atoms with van der Waals surface area (Å²) in [7, 11) is 0. The van der Waals surface area contributed by atoms with Crippen molar-refractivity contribution >= 4 is 24.0 Å². The Balaban J connectivity index is 0.00000312. The molecule has 4 nitrogen and oxygen atoms in total. The number of carbonyl (C=O) groups is 1. The second-order valence-corrected chi connectivity index (χ2v) is 6.11. The molecule has 0 saturated carbocycles. The zero-order valence-electron chi connectivity index (χ0n) is 14.6. The normalized spacial score (nSPS) is 11.4. The maximum Gasteiger partial charge on any atom is 0.220 e. The molecule has 5 heteroatoms. The summed E-state index contributed by atoms with van der Waals surface area (Å²) in [6, 6.07) is 17.7. The lowest BCUT2D eigenvalue weighted by Gasteiger charge is -2.13. The zero-order valence-corrected chi connectivity index (χ0v) is 15.4. The molecule has 0 spiro atoms. The fourth-order valence-electron chi connectivity index (χ4n) is 2.40. The highest BCUT2D eigenvalue weighted by Gasteiger charge is 2.07. The van der Waals surface area contributed by atoms with E-state index >= 15 is 0 Å². The SMILES string of the molecule is CC(CNC(=O)CCc1ccccc1N)COCc1ccccc1.Cl. The molecule has 0 radical (unpaired) electrons. The summed E-state index contributed by atoms with van der Waals surface area (Å²) in [5.74, 6) is 0.326. The van der Waals surface area contributed by atoms with Crippen LogP contribution in [0.5, 0.6) is 0 Å². The topological polar surface area (TPSA) is 64.4 Å². The Morgan fingerprint density at radius 3 is 2.52 bits per heavy atom. The van der Waals surface area contributed by atoms with Gasteiger partial charge in [-0.15, -0.1) is 12.4 Å². The monoisotopic (exact) mass is 362 g/mol. The first-order chi connectivity index (χ1) is 11.6. The molecule has 2 rings (SSSR count). The Kier molecular flexibility index (Phi) is 9.66. The van der Waals surface area contributed by atoms with Crippen molar-refractivity contribution in [1.29, 1.82) is 0 Å². The second-order valence-electron chi connectivity index (χ2n) is 6.11. The van der Waals surface area contributed by atoms with Crippen LogP contribution in [0.2, 0.25) is 0 Å². The molecular weight excluding hydrogens is 336 g/mol. The molecule has 136 valence electrons. The number of nitrogen functional groups attached to an aromatic ring is 1. The number of amides is 1.